The third-order valence-corrected chi connectivity index (χ3v) is 2.80. The average molecular weight is 156 g/mol. The molecule has 0 bridgehead atoms. The molecule has 0 heterocycles. The molecule has 11 heavy (non-hydrogen) atoms. The number of rotatable bonds is 4. The van der Waals surface area contributed by atoms with Crippen LogP contribution in [0.5, 0.6) is 0 Å². The molecule has 0 saturated heterocycles. The molecule has 0 amide bonds. The lowest BCUT2D eigenvalue weighted by molar-refractivity contribution is -0.0346. The summed E-state index contributed by atoms with van der Waals surface area (Å²) < 4.78 is 5.29. The standard InChI is InChI=1S/C9H16O2/c1-11-9(7-4-5-7)8(10)6-2-3-6/h6-10H,2-5H2,1H3. The molecule has 64 valence electrons. The molecule has 2 heteroatoms. The van der Waals surface area contributed by atoms with Gasteiger partial charge in [0, 0.05) is 7.11 Å². The minimum absolute atomic E-state index is 0.141. The lowest BCUT2D eigenvalue weighted by Crippen LogP contribution is -2.31. The van der Waals surface area contributed by atoms with Crippen LogP contribution in [0.1, 0.15) is 25.7 Å². The highest BCUT2D eigenvalue weighted by Crippen LogP contribution is 2.42. The maximum absolute atomic E-state index is 9.73. The van der Waals surface area contributed by atoms with E-state index in [2.05, 4.69) is 0 Å². The summed E-state index contributed by atoms with van der Waals surface area (Å²) in [4.78, 5) is 0. The minimum atomic E-state index is -0.174. The fraction of sp³-hybridized carbons (Fsp3) is 1.00. The van der Waals surface area contributed by atoms with Gasteiger partial charge in [-0.15, -0.1) is 0 Å². The van der Waals surface area contributed by atoms with Gasteiger partial charge in [-0.25, -0.2) is 0 Å². The van der Waals surface area contributed by atoms with E-state index in [-0.39, 0.29) is 12.2 Å². The predicted molar refractivity (Wildman–Crippen MR) is 42.3 cm³/mol. The summed E-state index contributed by atoms with van der Waals surface area (Å²) in [5, 5.41) is 9.73. The molecule has 2 fully saturated rings. The molecule has 0 aromatic rings. The van der Waals surface area contributed by atoms with E-state index in [9.17, 15) is 5.11 Å². The van der Waals surface area contributed by atoms with Crippen molar-refractivity contribution in [3.8, 4) is 0 Å². The topological polar surface area (TPSA) is 29.5 Å². The van der Waals surface area contributed by atoms with Gasteiger partial charge in [-0.05, 0) is 37.5 Å². The third kappa shape index (κ3) is 1.57. The van der Waals surface area contributed by atoms with Crippen molar-refractivity contribution in [3.63, 3.8) is 0 Å². The van der Waals surface area contributed by atoms with E-state index in [0.717, 1.165) is 0 Å². The molecule has 2 rings (SSSR count). The first-order valence-electron chi connectivity index (χ1n) is 4.54. The van der Waals surface area contributed by atoms with Gasteiger partial charge in [0.25, 0.3) is 0 Å². The highest BCUT2D eigenvalue weighted by molar-refractivity contribution is 4.93. The van der Waals surface area contributed by atoms with Gasteiger partial charge in [0.15, 0.2) is 0 Å². The normalized spacial score (nSPS) is 30.0. The third-order valence-electron chi connectivity index (χ3n) is 2.80. The Labute approximate surface area is 67.6 Å². The Balaban J connectivity index is 1.86. The fourth-order valence-corrected chi connectivity index (χ4v) is 1.74. The molecular weight excluding hydrogens is 140 g/mol. The van der Waals surface area contributed by atoms with Crippen molar-refractivity contribution in [3.05, 3.63) is 0 Å². The van der Waals surface area contributed by atoms with Crippen LogP contribution >= 0.6 is 0 Å². The second-order valence-corrected chi connectivity index (χ2v) is 3.87. The first kappa shape index (κ1) is 7.56. The number of aliphatic hydroxyl groups is 1. The second kappa shape index (κ2) is 2.76. The van der Waals surface area contributed by atoms with Gasteiger partial charge in [0.2, 0.25) is 0 Å². The number of hydrogen-bond donors (Lipinski definition) is 1. The highest BCUT2D eigenvalue weighted by Gasteiger charge is 2.42. The first-order chi connectivity index (χ1) is 5.33. The van der Waals surface area contributed by atoms with E-state index in [1.165, 1.54) is 25.7 Å². The Bertz CT molecular complexity index is 138. The van der Waals surface area contributed by atoms with Crippen LogP contribution in [0.3, 0.4) is 0 Å². The van der Waals surface area contributed by atoms with E-state index in [1.54, 1.807) is 7.11 Å². The SMILES string of the molecule is COC(C1CC1)C(O)C1CC1. The van der Waals surface area contributed by atoms with Crippen molar-refractivity contribution < 1.29 is 9.84 Å². The summed E-state index contributed by atoms with van der Waals surface area (Å²) in [6.07, 6.45) is 4.88. The summed E-state index contributed by atoms with van der Waals surface area (Å²) in [5.74, 6) is 1.22. The van der Waals surface area contributed by atoms with Crippen LogP contribution < -0.4 is 0 Å². The van der Waals surface area contributed by atoms with Gasteiger partial charge in [0.1, 0.15) is 0 Å². The second-order valence-electron chi connectivity index (χ2n) is 3.87. The van der Waals surface area contributed by atoms with Crippen molar-refractivity contribution in [2.45, 2.75) is 37.9 Å². The maximum atomic E-state index is 9.73. The van der Waals surface area contributed by atoms with Crippen molar-refractivity contribution in [1.82, 2.24) is 0 Å². The van der Waals surface area contributed by atoms with Gasteiger partial charge in [-0.1, -0.05) is 0 Å². The quantitative estimate of drug-likeness (QED) is 0.662. The zero-order valence-electron chi connectivity index (χ0n) is 6.99. The summed E-state index contributed by atoms with van der Waals surface area (Å²) in [6.45, 7) is 0. The molecular formula is C9H16O2. The van der Waals surface area contributed by atoms with Crippen molar-refractivity contribution in [1.29, 1.82) is 0 Å². The van der Waals surface area contributed by atoms with Crippen LogP contribution in [0.25, 0.3) is 0 Å². The Morgan fingerprint density at radius 2 is 1.73 bits per heavy atom. The molecule has 0 aliphatic heterocycles. The van der Waals surface area contributed by atoms with E-state index in [1.807, 2.05) is 0 Å². The number of aliphatic hydroxyl groups excluding tert-OH is 1. The van der Waals surface area contributed by atoms with Gasteiger partial charge in [-0.3, -0.25) is 0 Å². The van der Waals surface area contributed by atoms with Gasteiger partial charge < -0.3 is 9.84 Å². The summed E-state index contributed by atoms with van der Waals surface area (Å²) in [5.41, 5.74) is 0. The lowest BCUT2D eigenvalue weighted by Gasteiger charge is -2.20. The van der Waals surface area contributed by atoms with Crippen LogP contribution in [-0.4, -0.2) is 24.4 Å². The smallest absolute Gasteiger partial charge is 0.0860 e. The molecule has 0 aromatic carbocycles. The molecule has 0 radical (unpaired) electrons. The van der Waals surface area contributed by atoms with Gasteiger partial charge >= 0.3 is 0 Å². The van der Waals surface area contributed by atoms with Crippen LogP contribution in [0.2, 0.25) is 0 Å². The molecule has 0 spiro atoms. The zero-order valence-corrected chi connectivity index (χ0v) is 6.99. The van der Waals surface area contributed by atoms with Crippen LogP contribution in [0.4, 0.5) is 0 Å². The molecule has 2 nitrogen and oxygen atoms in total. The van der Waals surface area contributed by atoms with Crippen molar-refractivity contribution in [2.75, 3.05) is 7.11 Å². The highest BCUT2D eigenvalue weighted by atomic mass is 16.5. The van der Waals surface area contributed by atoms with Crippen LogP contribution in [0.15, 0.2) is 0 Å². The molecule has 1 N–H and O–H groups in total. The monoisotopic (exact) mass is 156 g/mol. The van der Waals surface area contributed by atoms with E-state index >= 15 is 0 Å². The number of ether oxygens (including phenoxy) is 1. The Kier molecular flexibility index (Phi) is 1.90. The Morgan fingerprint density at radius 1 is 1.18 bits per heavy atom. The molecule has 2 atom stereocenters. The number of methoxy groups -OCH3 is 1. The Morgan fingerprint density at radius 3 is 2.09 bits per heavy atom. The van der Waals surface area contributed by atoms with E-state index < -0.39 is 0 Å². The van der Waals surface area contributed by atoms with Gasteiger partial charge in [0.05, 0.1) is 12.2 Å². The largest absolute Gasteiger partial charge is 0.390 e. The molecule has 2 aliphatic carbocycles. The summed E-state index contributed by atoms with van der Waals surface area (Å²) >= 11 is 0. The van der Waals surface area contributed by atoms with Crippen molar-refractivity contribution >= 4 is 0 Å². The van der Waals surface area contributed by atoms with Crippen molar-refractivity contribution in [2.24, 2.45) is 11.8 Å². The first-order valence-corrected chi connectivity index (χ1v) is 4.54. The fourth-order valence-electron chi connectivity index (χ4n) is 1.74. The molecule has 2 aliphatic rings. The van der Waals surface area contributed by atoms with Crippen LogP contribution in [-0.2, 0) is 4.74 Å². The molecule has 2 saturated carbocycles. The Hall–Kier alpha value is -0.0800. The predicted octanol–water partition coefficient (Wildman–Crippen LogP) is 1.18. The zero-order chi connectivity index (χ0) is 7.84. The maximum Gasteiger partial charge on any atom is 0.0860 e. The lowest BCUT2D eigenvalue weighted by atomic mass is 10.1. The van der Waals surface area contributed by atoms with E-state index in [4.69, 9.17) is 4.74 Å². The van der Waals surface area contributed by atoms with Gasteiger partial charge in [-0.2, -0.15) is 0 Å². The average Bonchev–Trinajstić information content (AvgIpc) is 2.86. The molecule has 2 unspecified atom stereocenters. The van der Waals surface area contributed by atoms with Crippen LogP contribution in [0, 0.1) is 11.8 Å². The summed E-state index contributed by atoms with van der Waals surface area (Å²) in [6, 6.07) is 0. The minimum Gasteiger partial charge on any atom is -0.390 e. The summed E-state index contributed by atoms with van der Waals surface area (Å²) in [7, 11) is 1.72. The molecule has 0 aromatic heterocycles. The number of hydrogen-bond acceptors (Lipinski definition) is 2. The van der Waals surface area contributed by atoms with E-state index in [0.29, 0.717) is 11.8 Å².